The van der Waals surface area contributed by atoms with Crippen molar-refractivity contribution in [1.82, 2.24) is 10.2 Å². The van der Waals surface area contributed by atoms with Gasteiger partial charge in [0.25, 0.3) is 0 Å². The number of nitrogens with two attached hydrogens (primary N) is 1. The summed E-state index contributed by atoms with van der Waals surface area (Å²) >= 11 is 0. The van der Waals surface area contributed by atoms with Crippen LogP contribution in [-0.4, -0.2) is 22.8 Å². The monoisotopic (exact) mass is 290 g/mol. The summed E-state index contributed by atoms with van der Waals surface area (Å²) in [7, 11) is 0. The Morgan fingerprint density at radius 3 is 2.48 bits per heavy atom. The summed E-state index contributed by atoms with van der Waals surface area (Å²) in [4.78, 5) is 2.49. The second kappa shape index (κ2) is 7.74. The van der Waals surface area contributed by atoms with E-state index in [2.05, 4.69) is 35.9 Å². The minimum atomic E-state index is 0.563. The third-order valence-corrected chi connectivity index (χ3v) is 4.76. The van der Waals surface area contributed by atoms with Gasteiger partial charge in [-0.3, -0.25) is 0 Å². The molecule has 1 fully saturated rings. The Kier molecular flexibility index (Phi) is 5.97. The fourth-order valence-electron chi connectivity index (χ4n) is 3.57. The molecular formula is C17H30N4. The molecule has 1 aromatic heterocycles. The van der Waals surface area contributed by atoms with E-state index in [0.717, 1.165) is 30.9 Å². The number of hydrogen-bond donors (Lipinski definition) is 1. The van der Waals surface area contributed by atoms with E-state index >= 15 is 0 Å². The highest BCUT2D eigenvalue weighted by Crippen LogP contribution is 2.29. The number of aryl methyl sites for hydroxylation is 1. The van der Waals surface area contributed by atoms with Crippen molar-refractivity contribution in [1.29, 1.82) is 0 Å². The van der Waals surface area contributed by atoms with Gasteiger partial charge in [0, 0.05) is 24.7 Å². The molecule has 118 valence electrons. The second-order valence-corrected chi connectivity index (χ2v) is 5.94. The van der Waals surface area contributed by atoms with Crippen molar-refractivity contribution < 1.29 is 0 Å². The van der Waals surface area contributed by atoms with Gasteiger partial charge in [0.05, 0.1) is 5.69 Å². The molecule has 0 aromatic carbocycles. The second-order valence-electron chi connectivity index (χ2n) is 5.94. The molecule has 1 aliphatic rings. The minimum absolute atomic E-state index is 0.563. The van der Waals surface area contributed by atoms with Crippen molar-refractivity contribution in [2.75, 3.05) is 11.4 Å². The van der Waals surface area contributed by atoms with E-state index in [4.69, 9.17) is 5.73 Å². The van der Waals surface area contributed by atoms with Gasteiger partial charge in [-0.15, -0.1) is 5.10 Å². The fourth-order valence-corrected chi connectivity index (χ4v) is 3.57. The lowest BCUT2D eigenvalue weighted by molar-refractivity contribution is 0.547. The summed E-state index contributed by atoms with van der Waals surface area (Å²) in [6.45, 7) is 8.27. The molecule has 2 rings (SSSR count). The minimum Gasteiger partial charge on any atom is -0.352 e. The Bertz CT molecular complexity index is 458. The van der Waals surface area contributed by atoms with E-state index in [1.165, 1.54) is 43.2 Å². The molecule has 1 unspecified atom stereocenters. The van der Waals surface area contributed by atoms with Crippen LogP contribution in [0.2, 0.25) is 0 Å². The summed E-state index contributed by atoms with van der Waals surface area (Å²) in [6.07, 6.45) is 8.25. The third kappa shape index (κ3) is 3.37. The number of rotatable bonds is 5. The summed E-state index contributed by atoms with van der Waals surface area (Å²) in [5.41, 5.74) is 9.75. The lowest BCUT2D eigenvalue weighted by atomic mass is 10.0. The normalized spacial score (nSPS) is 19.6. The molecule has 21 heavy (non-hydrogen) atoms. The number of hydrogen-bond acceptors (Lipinski definition) is 4. The van der Waals surface area contributed by atoms with Crippen molar-refractivity contribution in [3.8, 4) is 0 Å². The van der Waals surface area contributed by atoms with Crippen LogP contribution in [0.3, 0.4) is 0 Å². The quantitative estimate of drug-likeness (QED) is 0.904. The summed E-state index contributed by atoms with van der Waals surface area (Å²) < 4.78 is 0. The molecule has 4 nitrogen and oxygen atoms in total. The van der Waals surface area contributed by atoms with E-state index < -0.39 is 0 Å². The van der Waals surface area contributed by atoms with Gasteiger partial charge in [-0.1, -0.05) is 33.6 Å². The largest absolute Gasteiger partial charge is 0.352 e. The predicted octanol–water partition coefficient (Wildman–Crippen LogP) is 3.22. The first-order valence-electron chi connectivity index (χ1n) is 8.60. The van der Waals surface area contributed by atoms with Gasteiger partial charge in [0.2, 0.25) is 0 Å². The maximum absolute atomic E-state index is 6.09. The zero-order valence-electron chi connectivity index (χ0n) is 13.9. The molecule has 4 heteroatoms. The molecule has 2 heterocycles. The van der Waals surface area contributed by atoms with E-state index in [-0.39, 0.29) is 0 Å². The van der Waals surface area contributed by atoms with Gasteiger partial charge in [-0.05, 0) is 37.7 Å². The van der Waals surface area contributed by atoms with E-state index in [0.29, 0.717) is 12.6 Å². The highest BCUT2D eigenvalue weighted by molar-refractivity contribution is 5.52. The molecule has 2 N–H and O–H groups in total. The maximum Gasteiger partial charge on any atom is 0.156 e. The Hall–Kier alpha value is -1.16. The Labute approximate surface area is 129 Å². The molecular weight excluding hydrogens is 260 g/mol. The van der Waals surface area contributed by atoms with Crippen LogP contribution in [0.4, 0.5) is 5.82 Å². The molecule has 1 atom stereocenters. The fraction of sp³-hybridized carbons (Fsp3) is 0.765. The first-order valence-corrected chi connectivity index (χ1v) is 8.60. The standard InChI is InChI=1S/C17H30N4/c1-4-13-10-8-7-9-11-21(13)17-15(12-18)14(5-2)16(6-3)19-20-17/h13H,4-12,18H2,1-3H3. The van der Waals surface area contributed by atoms with Crippen molar-refractivity contribution in [2.24, 2.45) is 5.73 Å². The smallest absolute Gasteiger partial charge is 0.156 e. The topological polar surface area (TPSA) is 55.0 Å². The third-order valence-electron chi connectivity index (χ3n) is 4.76. The van der Waals surface area contributed by atoms with Crippen LogP contribution in [-0.2, 0) is 19.4 Å². The number of anilines is 1. The van der Waals surface area contributed by atoms with Gasteiger partial charge >= 0.3 is 0 Å². The first kappa shape index (κ1) is 16.2. The van der Waals surface area contributed by atoms with Crippen molar-refractivity contribution in [2.45, 2.75) is 78.3 Å². The number of nitrogens with zero attached hydrogens (tertiary/aromatic N) is 3. The van der Waals surface area contributed by atoms with Gasteiger partial charge in [-0.25, -0.2) is 0 Å². The van der Waals surface area contributed by atoms with E-state index in [9.17, 15) is 0 Å². The van der Waals surface area contributed by atoms with Crippen molar-refractivity contribution in [3.63, 3.8) is 0 Å². The van der Waals surface area contributed by atoms with Gasteiger partial charge in [-0.2, -0.15) is 5.10 Å². The average Bonchev–Trinajstić information content (AvgIpc) is 2.78. The van der Waals surface area contributed by atoms with Crippen LogP contribution in [0.5, 0.6) is 0 Å². The maximum atomic E-state index is 6.09. The lowest BCUT2D eigenvalue weighted by Gasteiger charge is -2.32. The molecule has 0 radical (unpaired) electrons. The van der Waals surface area contributed by atoms with Crippen molar-refractivity contribution >= 4 is 5.82 Å². The van der Waals surface area contributed by atoms with E-state index in [1.807, 2.05) is 0 Å². The van der Waals surface area contributed by atoms with Crippen LogP contribution in [0, 0.1) is 0 Å². The predicted molar refractivity (Wildman–Crippen MR) is 88.6 cm³/mol. The van der Waals surface area contributed by atoms with Crippen LogP contribution in [0.25, 0.3) is 0 Å². The molecule has 0 spiro atoms. The van der Waals surface area contributed by atoms with Gasteiger partial charge in [0.15, 0.2) is 5.82 Å². The van der Waals surface area contributed by atoms with Gasteiger partial charge < -0.3 is 10.6 Å². The summed E-state index contributed by atoms with van der Waals surface area (Å²) in [5, 5.41) is 9.09. The van der Waals surface area contributed by atoms with Crippen LogP contribution in [0.15, 0.2) is 0 Å². The molecule has 0 bridgehead atoms. The Balaban J connectivity index is 2.45. The first-order chi connectivity index (χ1) is 10.3. The molecule has 1 aromatic rings. The highest BCUT2D eigenvalue weighted by Gasteiger charge is 2.25. The van der Waals surface area contributed by atoms with Crippen LogP contribution in [0.1, 0.15) is 69.7 Å². The summed E-state index contributed by atoms with van der Waals surface area (Å²) in [5.74, 6) is 1.06. The van der Waals surface area contributed by atoms with E-state index in [1.54, 1.807) is 0 Å². The van der Waals surface area contributed by atoms with Crippen LogP contribution >= 0.6 is 0 Å². The average molecular weight is 290 g/mol. The zero-order chi connectivity index (χ0) is 15.2. The Morgan fingerprint density at radius 2 is 1.86 bits per heavy atom. The molecule has 0 amide bonds. The SMILES string of the molecule is CCc1nnc(N2CCCCCC2CC)c(CN)c1CC. The lowest BCUT2D eigenvalue weighted by Crippen LogP contribution is -2.36. The van der Waals surface area contributed by atoms with Crippen LogP contribution < -0.4 is 10.6 Å². The summed E-state index contributed by atoms with van der Waals surface area (Å²) in [6, 6.07) is 0.587. The molecule has 1 saturated heterocycles. The number of aromatic nitrogens is 2. The molecule has 1 aliphatic heterocycles. The van der Waals surface area contributed by atoms with Gasteiger partial charge in [0.1, 0.15) is 0 Å². The highest BCUT2D eigenvalue weighted by atomic mass is 15.3. The Morgan fingerprint density at radius 1 is 1.05 bits per heavy atom. The molecule has 0 saturated carbocycles. The van der Waals surface area contributed by atoms with Crippen molar-refractivity contribution in [3.05, 3.63) is 16.8 Å². The zero-order valence-corrected chi connectivity index (χ0v) is 13.9. The molecule has 0 aliphatic carbocycles.